The van der Waals surface area contributed by atoms with Gasteiger partial charge in [0.2, 0.25) is 5.91 Å². The standard InChI is InChI=1S/C21H29NO4/c1-20(2,3)16-7-5-6-8-17(16)26-15-9-13-22(14-10-15)18(23)21(11-12-21)19(24)25-4/h5-8,15H,9-14H2,1-4H3. The van der Waals surface area contributed by atoms with Crippen LogP contribution in [0, 0.1) is 5.41 Å². The Labute approximate surface area is 155 Å². The van der Waals surface area contributed by atoms with Gasteiger partial charge in [0, 0.05) is 25.9 Å². The number of hydrogen-bond acceptors (Lipinski definition) is 4. The zero-order valence-electron chi connectivity index (χ0n) is 16.2. The first kappa shape index (κ1) is 18.7. The lowest BCUT2D eigenvalue weighted by molar-refractivity contribution is -0.156. The molecule has 1 aromatic carbocycles. The summed E-state index contributed by atoms with van der Waals surface area (Å²) >= 11 is 0. The van der Waals surface area contributed by atoms with Gasteiger partial charge in [-0.2, -0.15) is 0 Å². The van der Waals surface area contributed by atoms with E-state index in [1.165, 1.54) is 12.7 Å². The summed E-state index contributed by atoms with van der Waals surface area (Å²) in [5, 5.41) is 0. The maximum atomic E-state index is 12.7. The minimum absolute atomic E-state index is 0.0200. The van der Waals surface area contributed by atoms with Crippen molar-refractivity contribution < 1.29 is 19.1 Å². The van der Waals surface area contributed by atoms with Crippen LogP contribution in [0.4, 0.5) is 0 Å². The summed E-state index contributed by atoms with van der Waals surface area (Å²) in [5.41, 5.74) is 0.314. The molecule has 1 aliphatic carbocycles. The molecule has 0 N–H and O–H groups in total. The van der Waals surface area contributed by atoms with Crippen molar-refractivity contribution in [1.82, 2.24) is 4.90 Å². The van der Waals surface area contributed by atoms with E-state index in [2.05, 4.69) is 26.8 Å². The summed E-state index contributed by atoms with van der Waals surface area (Å²) in [6.45, 7) is 7.79. The smallest absolute Gasteiger partial charge is 0.321 e. The number of likely N-dealkylation sites (tertiary alicyclic amines) is 1. The Kier molecular flexibility index (Phi) is 5.00. The van der Waals surface area contributed by atoms with Crippen molar-refractivity contribution in [2.75, 3.05) is 20.2 Å². The lowest BCUT2D eigenvalue weighted by Crippen LogP contribution is -2.47. The molecule has 2 fully saturated rings. The summed E-state index contributed by atoms with van der Waals surface area (Å²) in [6.07, 6.45) is 2.86. The molecule has 1 aliphatic heterocycles. The number of rotatable bonds is 4. The number of carbonyl (C=O) groups is 2. The van der Waals surface area contributed by atoms with Crippen LogP contribution in [-0.4, -0.2) is 43.1 Å². The number of para-hydroxylation sites is 1. The number of hydrogen-bond donors (Lipinski definition) is 0. The van der Waals surface area contributed by atoms with Crippen molar-refractivity contribution in [3.63, 3.8) is 0 Å². The average molecular weight is 359 g/mol. The first-order valence-corrected chi connectivity index (χ1v) is 9.42. The first-order valence-electron chi connectivity index (χ1n) is 9.42. The van der Waals surface area contributed by atoms with Gasteiger partial charge in [-0.15, -0.1) is 0 Å². The van der Waals surface area contributed by atoms with Gasteiger partial charge < -0.3 is 14.4 Å². The fourth-order valence-corrected chi connectivity index (χ4v) is 3.67. The molecule has 0 radical (unpaired) electrons. The van der Waals surface area contributed by atoms with Crippen molar-refractivity contribution in [2.45, 2.75) is 58.0 Å². The monoisotopic (exact) mass is 359 g/mol. The Morgan fingerprint density at radius 1 is 1.12 bits per heavy atom. The highest BCUT2D eigenvalue weighted by Gasteiger charge is 2.59. The van der Waals surface area contributed by atoms with Crippen molar-refractivity contribution in [3.05, 3.63) is 29.8 Å². The van der Waals surface area contributed by atoms with Gasteiger partial charge in [-0.3, -0.25) is 9.59 Å². The van der Waals surface area contributed by atoms with Crippen molar-refractivity contribution in [3.8, 4) is 5.75 Å². The minimum atomic E-state index is -0.902. The van der Waals surface area contributed by atoms with Crippen LogP contribution in [0.1, 0.15) is 52.0 Å². The van der Waals surface area contributed by atoms with Crippen molar-refractivity contribution in [2.24, 2.45) is 5.41 Å². The summed E-state index contributed by atoms with van der Waals surface area (Å²) < 4.78 is 11.1. The van der Waals surface area contributed by atoms with Gasteiger partial charge in [0.05, 0.1) is 7.11 Å². The number of amides is 1. The van der Waals surface area contributed by atoms with E-state index in [1.807, 2.05) is 18.2 Å². The van der Waals surface area contributed by atoms with Crippen molar-refractivity contribution in [1.29, 1.82) is 0 Å². The lowest BCUT2D eigenvalue weighted by Gasteiger charge is -2.35. The SMILES string of the molecule is COC(=O)C1(C(=O)N2CCC(Oc3ccccc3C(C)(C)C)CC2)CC1. The second-order valence-corrected chi connectivity index (χ2v) is 8.43. The normalized spacial score (nSPS) is 19.8. The van der Waals surface area contributed by atoms with Crippen LogP contribution >= 0.6 is 0 Å². The van der Waals surface area contributed by atoms with E-state index >= 15 is 0 Å². The third-order valence-corrected chi connectivity index (χ3v) is 5.45. The number of methoxy groups -OCH3 is 1. The Morgan fingerprint density at radius 2 is 1.73 bits per heavy atom. The molecule has 1 aromatic rings. The van der Waals surface area contributed by atoms with Crippen LogP contribution in [0.25, 0.3) is 0 Å². The van der Waals surface area contributed by atoms with Gasteiger partial charge in [-0.05, 0) is 29.9 Å². The summed E-state index contributed by atoms with van der Waals surface area (Å²) in [6, 6.07) is 8.17. The predicted octanol–water partition coefficient (Wildman–Crippen LogP) is 3.31. The Morgan fingerprint density at radius 3 is 2.27 bits per heavy atom. The molecular formula is C21H29NO4. The van der Waals surface area contributed by atoms with E-state index in [9.17, 15) is 9.59 Å². The van der Waals surface area contributed by atoms with E-state index in [0.717, 1.165) is 18.6 Å². The predicted molar refractivity (Wildman–Crippen MR) is 99.1 cm³/mol. The van der Waals surface area contributed by atoms with E-state index in [0.29, 0.717) is 25.9 Å². The molecule has 1 amide bonds. The Hall–Kier alpha value is -2.04. The Balaban J connectivity index is 1.60. The molecule has 2 aliphatic rings. The highest BCUT2D eigenvalue weighted by Crippen LogP contribution is 2.48. The summed E-state index contributed by atoms with van der Waals surface area (Å²) in [7, 11) is 1.35. The van der Waals surface area contributed by atoms with Crippen molar-refractivity contribution >= 4 is 11.9 Å². The molecule has 3 rings (SSSR count). The van der Waals surface area contributed by atoms with E-state index in [4.69, 9.17) is 9.47 Å². The molecule has 26 heavy (non-hydrogen) atoms. The second-order valence-electron chi connectivity index (χ2n) is 8.43. The first-order chi connectivity index (χ1) is 12.3. The van der Waals surface area contributed by atoms with Crippen LogP contribution < -0.4 is 4.74 Å². The number of piperidine rings is 1. The molecule has 0 aromatic heterocycles. The van der Waals surface area contributed by atoms with Crippen LogP contribution in [0.2, 0.25) is 0 Å². The zero-order valence-corrected chi connectivity index (χ0v) is 16.2. The lowest BCUT2D eigenvalue weighted by atomic mass is 9.86. The molecule has 5 nitrogen and oxygen atoms in total. The molecule has 0 spiro atoms. The zero-order chi connectivity index (χ0) is 18.9. The maximum absolute atomic E-state index is 12.7. The van der Waals surface area contributed by atoms with E-state index in [1.54, 1.807) is 4.90 Å². The van der Waals surface area contributed by atoms with Crippen LogP contribution in [0.5, 0.6) is 5.75 Å². The summed E-state index contributed by atoms with van der Waals surface area (Å²) in [4.78, 5) is 26.4. The molecule has 0 bridgehead atoms. The maximum Gasteiger partial charge on any atom is 0.321 e. The molecule has 0 atom stereocenters. The highest BCUT2D eigenvalue weighted by atomic mass is 16.5. The van der Waals surface area contributed by atoms with Crippen LogP contribution in [-0.2, 0) is 19.7 Å². The van der Waals surface area contributed by atoms with Gasteiger partial charge in [0.25, 0.3) is 0 Å². The van der Waals surface area contributed by atoms with Crippen LogP contribution in [0.3, 0.4) is 0 Å². The minimum Gasteiger partial charge on any atom is -0.490 e. The summed E-state index contributed by atoms with van der Waals surface area (Å²) in [5.74, 6) is 0.468. The van der Waals surface area contributed by atoms with E-state index in [-0.39, 0.29) is 23.4 Å². The van der Waals surface area contributed by atoms with Gasteiger partial charge in [0.1, 0.15) is 17.3 Å². The average Bonchev–Trinajstić information content (AvgIpc) is 3.42. The van der Waals surface area contributed by atoms with Gasteiger partial charge in [-0.1, -0.05) is 39.0 Å². The largest absolute Gasteiger partial charge is 0.490 e. The molecule has 142 valence electrons. The Bertz CT molecular complexity index is 679. The fourth-order valence-electron chi connectivity index (χ4n) is 3.67. The third kappa shape index (κ3) is 3.57. The number of esters is 1. The van der Waals surface area contributed by atoms with E-state index < -0.39 is 5.41 Å². The molecule has 1 saturated carbocycles. The number of ether oxygens (including phenoxy) is 2. The molecule has 5 heteroatoms. The molecule has 0 unspecified atom stereocenters. The molecular weight excluding hydrogens is 330 g/mol. The molecule has 1 heterocycles. The third-order valence-electron chi connectivity index (χ3n) is 5.45. The highest BCUT2D eigenvalue weighted by molar-refractivity contribution is 6.05. The van der Waals surface area contributed by atoms with Gasteiger partial charge in [-0.25, -0.2) is 0 Å². The van der Waals surface area contributed by atoms with Gasteiger partial charge in [0.15, 0.2) is 0 Å². The van der Waals surface area contributed by atoms with Crippen LogP contribution in [0.15, 0.2) is 24.3 Å². The number of benzene rings is 1. The number of nitrogens with zero attached hydrogens (tertiary/aromatic N) is 1. The topological polar surface area (TPSA) is 55.8 Å². The number of carbonyl (C=O) groups excluding carboxylic acids is 2. The quantitative estimate of drug-likeness (QED) is 0.611. The van der Waals surface area contributed by atoms with Gasteiger partial charge >= 0.3 is 5.97 Å². The molecule has 1 saturated heterocycles. The fraction of sp³-hybridized carbons (Fsp3) is 0.619. The second kappa shape index (κ2) is 6.93.